The fourth-order valence-electron chi connectivity index (χ4n) is 3.29. The second-order valence-electron chi connectivity index (χ2n) is 5.17. The van der Waals surface area contributed by atoms with Crippen molar-refractivity contribution in [2.75, 3.05) is 0 Å². The summed E-state index contributed by atoms with van der Waals surface area (Å²) in [5, 5.41) is 3.71. The van der Waals surface area contributed by atoms with E-state index in [4.69, 9.17) is 0 Å². The standard InChI is InChI=1S/C14H19N/c1-2-4-11(5-3-1)8-12-9-13-6-7-14(10-12)15-13/h1-5,12-15H,6-10H2/t12?,13-,14?/m1/s1. The van der Waals surface area contributed by atoms with Crippen molar-refractivity contribution < 1.29 is 0 Å². The SMILES string of the molecule is c1ccc(CC2CC3CC[C@H](C2)N3)cc1. The lowest BCUT2D eigenvalue weighted by Gasteiger charge is -2.29. The summed E-state index contributed by atoms with van der Waals surface area (Å²) in [7, 11) is 0. The van der Waals surface area contributed by atoms with Gasteiger partial charge in [0.2, 0.25) is 0 Å². The van der Waals surface area contributed by atoms with Crippen molar-refractivity contribution >= 4 is 0 Å². The molecule has 2 aliphatic heterocycles. The van der Waals surface area contributed by atoms with Gasteiger partial charge in [-0.15, -0.1) is 0 Å². The van der Waals surface area contributed by atoms with Crippen molar-refractivity contribution in [3.05, 3.63) is 35.9 Å². The topological polar surface area (TPSA) is 12.0 Å². The molecule has 0 amide bonds. The van der Waals surface area contributed by atoms with Crippen molar-refractivity contribution in [1.82, 2.24) is 5.32 Å². The third-order valence-electron chi connectivity index (χ3n) is 3.94. The van der Waals surface area contributed by atoms with Crippen molar-refractivity contribution in [3.8, 4) is 0 Å². The fraction of sp³-hybridized carbons (Fsp3) is 0.571. The van der Waals surface area contributed by atoms with Gasteiger partial charge in [-0.2, -0.15) is 0 Å². The Morgan fingerprint density at radius 3 is 2.33 bits per heavy atom. The average Bonchev–Trinajstić information content (AvgIpc) is 2.60. The van der Waals surface area contributed by atoms with Crippen LogP contribution in [0.2, 0.25) is 0 Å². The van der Waals surface area contributed by atoms with E-state index in [0.29, 0.717) is 0 Å². The van der Waals surface area contributed by atoms with E-state index in [9.17, 15) is 0 Å². The number of hydrogen-bond acceptors (Lipinski definition) is 1. The molecular weight excluding hydrogens is 182 g/mol. The van der Waals surface area contributed by atoms with Crippen LogP contribution in [0.25, 0.3) is 0 Å². The lowest BCUT2D eigenvalue weighted by molar-refractivity contribution is 0.298. The van der Waals surface area contributed by atoms with Gasteiger partial charge in [-0.25, -0.2) is 0 Å². The molecule has 2 fully saturated rings. The van der Waals surface area contributed by atoms with Crippen molar-refractivity contribution in [2.24, 2.45) is 5.92 Å². The number of rotatable bonds is 2. The van der Waals surface area contributed by atoms with E-state index >= 15 is 0 Å². The molecule has 15 heavy (non-hydrogen) atoms. The van der Waals surface area contributed by atoms with Gasteiger partial charge in [-0.05, 0) is 43.6 Å². The summed E-state index contributed by atoms with van der Waals surface area (Å²) < 4.78 is 0. The van der Waals surface area contributed by atoms with Gasteiger partial charge in [-0.3, -0.25) is 0 Å². The molecular formula is C14H19N. The highest BCUT2D eigenvalue weighted by Gasteiger charge is 2.33. The normalized spacial score (nSPS) is 34.3. The lowest BCUT2D eigenvalue weighted by atomic mass is 9.87. The molecule has 0 aliphatic carbocycles. The predicted molar refractivity (Wildman–Crippen MR) is 62.8 cm³/mol. The smallest absolute Gasteiger partial charge is 0.00729 e. The highest BCUT2D eigenvalue weighted by molar-refractivity contribution is 5.15. The summed E-state index contributed by atoms with van der Waals surface area (Å²) in [6.07, 6.45) is 6.90. The van der Waals surface area contributed by atoms with Gasteiger partial charge in [0.25, 0.3) is 0 Å². The van der Waals surface area contributed by atoms with E-state index < -0.39 is 0 Å². The molecule has 1 N–H and O–H groups in total. The van der Waals surface area contributed by atoms with Crippen LogP contribution < -0.4 is 5.32 Å². The molecule has 1 aromatic carbocycles. The molecule has 3 rings (SSSR count). The number of fused-ring (bicyclic) bond motifs is 2. The van der Waals surface area contributed by atoms with Crippen LogP contribution in [0.1, 0.15) is 31.2 Å². The molecule has 2 bridgehead atoms. The maximum absolute atomic E-state index is 3.71. The van der Waals surface area contributed by atoms with Crippen molar-refractivity contribution in [1.29, 1.82) is 0 Å². The summed E-state index contributed by atoms with van der Waals surface area (Å²) in [6, 6.07) is 12.6. The Balaban J connectivity index is 1.65. The Hall–Kier alpha value is -0.820. The van der Waals surface area contributed by atoms with E-state index in [2.05, 4.69) is 35.6 Å². The largest absolute Gasteiger partial charge is 0.311 e. The number of nitrogens with one attached hydrogen (secondary N) is 1. The lowest BCUT2D eigenvalue weighted by Crippen LogP contribution is -2.38. The Morgan fingerprint density at radius 2 is 1.67 bits per heavy atom. The molecule has 2 unspecified atom stereocenters. The summed E-state index contributed by atoms with van der Waals surface area (Å²) in [4.78, 5) is 0. The van der Waals surface area contributed by atoms with E-state index in [1.807, 2.05) is 0 Å². The van der Waals surface area contributed by atoms with Crippen LogP contribution in [0.4, 0.5) is 0 Å². The fourth-order valence-corrected chi connectivity index (χ4v) is 3.29. The molecule has 1 nitrogen and oxygen atoms in total. The molecule has 1 heteroatoms. The molecule has 0 radical (unpaired) electrons. The van der Waals surface area contributed by atoms with Crippen LogP contribution in [-0.2, 0) is 6.42 Å². The van der Waals surface area contributed by atoms with Gasteiger partial charge >= 0.3 is 0 Å². The zero-order valence-electron chi connectivity index (χ0n) is 9.15. The first-order valence-corrected chi connectivity index (χ1v) is 6.20. The van der Waals surface area contributed by atoms with E-state index in [0.717, 1.165) is 18.0 Å². The average molecular weight is 201 g/mol. The zero-order valence-corrected chi connectivity index (χ0v) is 9.15. The minimum Gasteiger partial charge on any atom is -0.311 e. The minimum absolute atomic E-state index is 0.831. The third-order valence-corrected chi connectivity index (χ3v) is 3.94. The molecule has 0 saturated carbocycles. The van der Waals surface area contributed by atoms with Crippen molar-refractivity contribution in [2.45, 2.75) is 44.2 Å². The maximum Gasteiger partial charge on any atom is 0.00729 e. The molecule has 2 saturated heterocycles. The van der Waals surface area contributed by atoms with Crippen LogP contribution in [0, 0.1) is 5.92 Å². The van der Waals surface area contributed by atoms with E-state index in [-0.39, 0.29) is 0 Å². The number of piperidine rings is 1. The highest BCUT2D eigenvalue weighted by atomic mass is 15.0. The second kappa shape index (κ2) is 3.97. The van der Waals surface area contributed by atoms with E-state index in [1.165, 1.54) is 37.7 Å². The molecule has 80 valence electrons. The Labute approximate surface area is 91.9 Å². The molecule has 0 spiro atoms. The number of benzene rings is 1. The van der Waals surface area contributed by atoms with Gasteiger partial charge < -0.3 is 5.32 Å². The van der Waals surface area contributed by atoms with Gasteiger partial charge in [0.05, 0.1) is 0 Å². The van der Waals surface area contributed by atoms with Crippen LogP contribution in [-0.4, -0.2) is 12.1 Å². The summed E-state index contributed by atoms with van der Waals surface area (Å²) >= 11 is 0. The second-order valence-corrected chi connectivity index (χ2v) is 5.17. The zero-order chi connectivity index (χ0) is 10.1. The van der Waals surface area contributed by atoms with Crippen LogP contribution >= 0.6 is 0 Å². The van der Waals surface area contributed by atoms with Gasteiger partial charge in [0.15, 0.2) is 0 Å². The molecule has 3 atom stereocenters. The highest BCUT2D eigenvalue weighted by Crippen LogP contribution is 2.32. The number of hydrogen-bond donors (Lipinski definition) is 1. The molecule has 2 heterocycles. The quantitative estimate of drug-likeness (QED) is 0.776. The molecule has 0 aromatic heterocycles. The van der Waals surface area contributed by atoms with Gasteiger partial charge in [-0.1, -0.05) is 30.3 Å². The first kappa shape index (κ1) is 9.41. The van der Waals surface area contributed by atoms with Crippen molar-refractivity contribution in [3.63, 3.8) is 0 Å². The molecule has 1 aromatic rings. The first-order chi connectivity index (χ1) is 7.40. The monoisotopic (exact) mass is 201 g/mol. The van der Waals surface area contributed by atoms with Gasteiger partial charge in [0, 0.05) is 12.1 Å². The maximum atomic E-state index is 3.71. The van der Waals surface area contributed by atoms with Crippen LogP contribution in [0.5, 0.6) is 0 Å². The van der Waals surface area contributed by atoms with Gasteiger partial charge in [0.1, 0.15) is 0 Å². The van der Waals surface area contributed by atoms with Crippen LogP contribution in [0.15, 0.2) is 30.3 Å². The minimum atomic E-state index is 0.831. The van der Waals surface area contributed by atoms with Crippen LogP contribution in [0.3, 0.4) is 0 Å². The summed E-state index contributed by atoms with van der Waals surface area (Å²) in [6.45, 7) is 0. The Morgan fingerprint density at radius 1 is 1.00 bits per heavy atom. The third kappa shape index (κ3) is 2.07. The first-order valence-electron chi connectivity index (χ1n) is 6.20. The Kier molecular flexibility index (Phi) is 2.49. The Bertz CT molecular complexity index is 307. The summed E-state index contributed by atoms with van der Waals surface area (Å²) in [5.41, 5.74) is 1.52. The predicted octanol–water partition coefficient (Wildman–Crippen LogP) is 2.76. The summed E-state index contributed by atoms with van der Waals surface area (Å²) in [5.74, 6) is 0.922. The van der Waals surface area contributed by atoms with E-state index in [1.54, 1.807) is 0 Å². The molecule has 2 aliphatic rings.